The van der Waals surface area contributed by atoms with Gasteiger partial charge in [0.05, 0.1) is 25.2 Å². The summed E-state index contributed by atoms with van der Waals surface area (Å²) in [4.78, 5) is 26.9. The van der Waals surface area contributed by atoms with Gasteiger partial charge in [-0.05, 0) is 12.1 Å². The summed E-state index contributed by atoms with van der Waals surface area (Å²) in [5, 5.41) is 0. The zero-order chi connectivity index (χ0) is 17.9. The Morgan fingerprint density at radius 1 is 1.19 bits per heavy atom. The highest BCUT2D eigenvalue weighted by Gasteiger charge is 2.32. The fourth-order valence-electron chi connectivity index (χ4n) is 2.69. The Kier molecular flexibility index (Phi) is 4.22. The van der Waals surface area contributed by atoms with Crippen LogP contribution in [-0.4, -0.2) is 34.5 Å². The van der Waals surface area contributed by atoms with E-state index in [2.05, 4.69) is 15.0 Å². The van der Waals surface area contributed by atoms with Gasteiger partial charge in [-0.1, -0.05) is 18.2 Å². The van der Waals surface area contributed by atoms with Crippen LogP contribution in [0.25, 0.3) is 0 Å². The number of carbonyl (C=O) groups excluding carboxylic acids is 1. The van der Waals surface area contributed by atoms with Crippen LogP contribution >= 0.6 is 0 Å². The van der Waals surface area contributed by atoms with Crippen LogP contribution in [0.2, 0.25) is 0 Å². The molecule has 1 aromatic carbocycles. The van der Waals surface area contributed by atoms with E-state index in [9.17, 15) is 4.79 Å². The second-order valence-electron chi connectivity index (χ2n) is 5.61. The van der Waals surface area contributed by atoms with E-state index in [1.807, 2.05) is 30.3 Å². The topological polar surface area (TPSA) is 90.6 Å². The molecule has 2 aromatic heterocycles. The number of oxazole rings is 1. The van der Waals surface area contributed by atoms with Gasteiger partial charge in [0.25, 0.3) is 5.91 Å². The summed E-state index contributed by atoms with van der Waals surface area (Å²) in [6.07, 6.45) is 3.56. The monoisotopic (exact) mass is 352 g/mol. The Labute approximate surface area is 149 Å². The minimum absolute atomic E-state index is 0.156. The summed E-state index contributed by atoms with van der Waals surface area (Å²) < 4.78 is 16.3. The average molecular weight is 352 g/mol. The first kappa shape index (κ1) is 16.1. The second kappa shape index (κ2) is 6.83. The van der Waals surface area contributed by atoms with Crippen molar-refractivity contribution in [1.82, 2.24) is 15.0 Å². The highest BCUT2D eigenvalue weighted by Crippen LogP contribution is 2.25. The third-order valence-electron chi connectivity index (χ3n) is 3.94. The lowest BCUT2D eigenvalue weighted by Crippen LogP contribution is -2.37. The maximum atomic E-state index is 12.7. The Balaban J connectivity index is 1.52. The van der Waals surface area contributed by atoms with Crippen molar-refractivity contribution in [2.75, 3.05) is 18.6 Å². The van der Waals surface area contributed by atoms with E-state index in [1.165, 1.54) is 24.4 Å². The van der Waals surface area contributed by atoms with E-state index >= 15 is 0 Å². The van der Waals surface area contributed by atoms with Gasteiger partial charge in [-0.2, -0.15) is 4.98 Å². The van der Waals surface area contributed by atoms with Gasteiger partial charge >= 0.3 is 0 Å². The molecule has 0 radical (unpaired) electrons. The van der Waals surface area contributed by atoms with Gasteiger partial charge in [0.15, 0.2) is 12.4 Å². The van der Waals surface area contributed by atoms with Crippen molar-refractivity contribution in [3.05, 3.63) is 60.1 Å². The molecular weight excluding hydrogens is 336 g/mol. The van der Waals surface area contributed by atoms with E-state index in [0.29, 0.717) is 42.0 Å². The van der Waals surface area contributed by atoms with Gasteiger partial charge in [0, 0.05) is 13.0 Å². The SMILES string of the molecule is COc1cncc(N2CCc3nc(COc4ccccc4)oc3C2=O)n1. The Morgan fingerprint density at radius 3 is 2.85 bits per heavy atom. The predicted octanol–water partition coefficient (Wildman–Crippen LogP) is 2.26. The molecule has 0 aliphatic carbocycles. The van der Waals surface area contributed by atoms with Crippen LogP contribution < -0.4 is 14.4 Å². The number of carbonyl (C=O) groups is 1. The lowest BCUT2D eigenvalue weighted by molar-refractivity contribution is 0.0947. The van der Waals surface area contributed by atoms with Crippen molar-refractivity contribution in [2.45, 2.75) is 13.0 Å². The lowest BCUT2D eigenvalue weighted by atomic mass is 10.1. The fourth-order valence-corrected chi connectivity index (χ4v) is 2.69. The van der Waals surface area contributed by atoms with Gasteiger partial charge < -0.3 is 13.9 Å². The molecule has 0 atom stereocenters. The number of ether oxygens (including phenoxy) is 2. The molecule has 3 aromatic rings. The Hall–Kier alpha value is -3.42. The van der Waals surface area contributed by atoms with E-state index < -0.39 is 0 Å². The zero-order valence-electron chi connectivity index (χ0n) is 14.1. The van der Waals surface area contributed by atoms with Crippen LogP contribution in [0.4, 0.5) is 5.82 Å². The minimum atomic E-state index is -0.299. The smallest absolute Gasteiger partial charge is 0.297 e. The molecule has 8 heteroatoms. The molecule has 3 heterocycles. The van der Waals surface area contributed by atoms with Crippen molar-refractivity contribution in [3.63, 3.8) is 0 Å². The molecular formula is C18H16N4O4. The Morgan fingerprint density at radius 2 is 2.04 bits per heavy atom. The summed E-state index contributed by atoms with van der Waals surface area (Å²) in [6, 6.07) is 9.36. The van der Waals surface area contributed by atoms with Crippen LogP contribution in [-0.2, 0) is 13.0 Å². The first-order valence-electron chi connectivity index (χ1n) is 8.09. The first-order chi connectivity index (χ1) is 12.7. The third kappa shape index (κ3) is 3.08. The van der Waals surface area contributed by atoms with Gasteiger partial charge in [-0.15, -0.1) is 0 Å². The van der Waals surface area contributed by atoms with E-state index in [0.717, 1.165) is 0 Å². The molecule has 1 aliphatic rings. The van der Waals surface area contributed by atoms with Crippen molar-refractivity contribution < 1.29 is 18.7 Å². The van der Waals surface area contributed by atoms with Crippen LogP contribution in [0.1, 0.15) is 22.1 Å². The number of para-hydroxylation sites is 1. The molecule has 132 valence electrons. The summed E-state index contributed by atoms with van der Waals surface area (Å²) in [6.45, 7) is 0.600. The van der Waals surface area contributed by atoms with E-state index in [4.69, 9.17) is 13.9 Å². The maximum absolute atomic E-state index is 12.7. The molecule has 0 fully saturated rings. The van der Waals surface area contributed by atoms with Crippen molar-refractivity contribution in [2.24, 2.45) is 0 Å². The Bertz CT molecular complexity index is 926. The summed E-state index contributed by atoms with van der Waals surface area (Å²) >= 11 is 0. The molecule has 0 bridgehead atoms. The quantitative estimate of drug-likeness (QED) is 0.695. The molecule has 0 saturated heterocycles. The predicted molar refractivity (Wildman–Crippen MR) is 91.2 cm³/mol. The number of amides is 1. The standard InChI is InChI=1S/C18H16N4O4/c1-24-15-10-19-9-14(21-15)22-8-7-13-17(18(22)23)26-16(20-13)11-25-12-5-3-2-4-6-12/h2-6,9-10H,7-8,11H2,1H3. The molecule has 0 spiro atoms. The molecule has 4 rings (SSSR count). The number of hydrogen-bond acceptors (Lipinski definition) is 7. The maximum Gasteiger partial charge on any atom is 0.297 e. The molecule has 26 heavy (non-hydrogen) atoms. The number of methoxy groups -OCH3 is 1. The van der Waals surface area contributed by atoms with Gasteiger partial charge in [-0.3, -0.25) is 14.7 Å². The number of anilines is 1. The number of fused-ring (bicyclic) bond motifs is 1. The molecule has 0 N–H and O–H groups in total. The molecule has 1 amide bonds. The normalized spacial score (nSPS) is 13.4. The minimum Gasteiger partial charge on any atom is -0.484 e. The first-order valence-corrected chi connectivity index (χ1v) is 8.09. The molecule has 8 nitrogen and oxygen atoms in total. The molecule has 0 saturated carbocycles. The van der Waals surface area contributed by atoms with Crippen molar-refractivity contribution in [3.8, 4) is 11.6 Å². The summed E-state index contributed by atoms with van der Waals surface area (Å²) in [7, 11) is 1.50. The fraction of sp³-hybridized carbons (Fsp3) is 0.222. The number of nitrogens with zero attached hydrogens (tertiary/aromatic N) is 4. The molecule has 1 aliphatic heterocycles. The average Bonchev–Trinajstić information content (AvgIpc) is 3.12. The van der Waals surface area contributed by atoms with Crippen LogP contribution in [0, 0.1) is 0 Å². The van der Waals surface area contributed by atoms with Gasteiger partial charge in [-0.25, -0.2) is 4.98 Å². The third-order valence-corrected chi connectivity index (χ3v) is 3.94. The summed E-state index contributed by atoms with van der Waals surface area (Å²) in [5.41, 5.74) is 0.633. The number of benzene rings is 1. The molecule has 0 unspecified atom stereocenters. The number of rotatable bonds is 5. The van der Waals surface area contributed by atoms with E-state index in [-0.39, 0.29) is 18.3 Å². The largest absolute Gasteiger partial charge is 0.484 e. The zero-order valence-corrected chi connectivity index (χ0v) is 14.1. The highest BCUT2D eigenvalue weighted by atomic mass is 16.5. The van der Waals surface area contributed by atoms with Gasteiger partial charge in [0.2, 0.25) is 17.5 Å². The number of aromatic nitrogens is 3. The van der Waals surface area contributed by atoms with Crippen LogP contribution in [0.15, 0.2) is 47.1 Å². The van der Waals surface area contributed by atoms with Crippen molar-refractivity contribution in [1.29, 1.82) is 0 Å². The highest BCUT2D eigenvalue weighted by molar-refractivity contribution is 6.05. The number of hydrogen-bond donors (Lipinski definition) is 0. The van der Waals surface area contributed by atoms with Crippen LogP contribution in [0.5, 0.6) is 11.6 Å². The van der Waals surface area contributed by atoms with Gasteiger partial charge in [0.1, 0.15) is 5.75 Å². The van der Waals surface area contributed by atoms with E-state index in [1.54, 1.807) is 0 Å². The lowest BCUT2D eigenvalue weighted by Gasteiger charge is -2.23. The van der Waals surface area contributed by atoms with Crippen LogP contribution in [0.3, 0.4) is 0 Å². The summed E-state index contributed by atoms with van der Waals surface area (Å²) in [5.74, 6) is 1.75. The van der Waals surface area contributed by atoms with Crippen molar-refractivity contribution >= 4 is 11.7 Å². The second-order valence-corrected chi connectivity index (χ2v) is 5.61.